The van der Waals surface area contributed by atoms with Crippen molar-refractivity contribution >= 4 is 18.3 Å². The Hall–Kier alpha value is -0.320. The highest BCUT2D eigenvalue weighted by molar-refractivity contribution is 5.85. The zero-order valence-corrected chi connectivity index (χ0v) is 14.5. The Labute approximate surface area is 140 Å². The molecule has 2 saturated carbocycles. The minimum atomic E-state index is 0. The van der Waals surface area contributed by atoms with Crippen LogP contribution in [0.25, 0.3) is 0 Å². The summed E-state index contributed by atoms with van der Waals surface area (Å²) in [6.07, 6.45) is 8.20. The van der Waals surface area contributed by atoms with E-state index in [1.54, 1.807) is 0 Å². The summed E-state index contributed by atoms with van der Waals surface area (Å²) in [6, 6.07) is 0.117. The number of fused-ring (bicyclic) bond motifs is 2. The van der Waals surface area contributed by atoms with Crippen molar-refractivity contribution in [2.45, 2.75) is 64.0 Å². The van der Waals surface area contributed by atoms with Crippen molar-refractivity contribution in [3.8, 4) is 0 Å². The second kappa shape index (κ2) is 7.98. The number of carbonyl (C=O) groups excluding carboxylic acids is 1. The highest BCUT2D eigenvalue weighted by Gasteiger charge is 2.50. The minimum Gasteiger partial charge on any atom is -0.378 e. The number of likely N-dealkylation sites (tertiary alicyclic amines) is 1. The maximum absolute atomic E-state index is 12.9. The average Bonchev–Trinajstić information content (AvgIpc) is 2.98. The Kier molecular flexibility index (Phi) is 6.54. The first-order chi connectivity index (χ1) is 10.2. The Morgan fingerprint density at radius 3 is 2.64 bits per heavy atom. The van der Waals surface area contributed by atoms with Crippen molar-refractivity contribution in [2.75, 3.05) is 19.7 Å². The molecular weight excluding hydrogens is 300 g/mol. The summed E-state index contributed by atoms with van der Waals surface area (Å²) in [5.41, 5.74) is 6.33. The molecule has 1 heterocycles. The summed E-state index contributed by atoms with van der Waals surface area (Å²) in [7, 11) is 0. The van der Waals surface area contributed by atoms with Gasteiger partial charge in [-0.1, -0.05) is 6.92 Å². The van der Waals surface area contributed by atoms with E-state index < -0.39 is 0 Å². The number of ether oxygens (including phenoxy) is 1. The Balaban J connectivity index is 0.00000176. The fourth-order valence-corrected chi connectivity index (χ4v) is 4.65. The minimum absolute atomic E-state index is 0. The topological polar surface area (TPSA) is 55.6 Å². The number of hydrogen-bond donors (Lipinski definition) is 1. The Morgan fingerprint density at radius 2 is 1.95 bits per heavy atom. The van der Waals surface area contributed by atoms with Gasteiger partial charge in [-0.2, -0.15) is 0 Å². The van der Waals surface area contributed by atoms with Crippen LogP contribution in [0.2, 0.25) is 0 Å². The molecule has 22 heavy (non-hydrogen) atoms. The van der Waals surface area contributed by atoms with Crippen LogP contribution in [0, 0.1) is 17.8 Å². The second-order valence-corrected chi connectivity index (χ2v) is 7.19. The predicted molar refractivity (Wildman–Crippen MR) is 90.0 cm³/mol. The monoisotopic (exact) mass is 330 g/mol. The number of hydrogen-bond acceptors (Lipinski definition) is 3. The van der Waals surface area contributed by atoms with Crippen LogP contribution in [-0.4, -0.2) is 42.6 Å². The van der Waals surface area contributed by atoms with Gasteiger partial charge in [0.1, 0.15) is 0 Å². The number of amides is 1. The molecule has 0 aromatic rings. The first kappa shape index (κ1) is 18.0. The van der Waals surface area contributed by atoms with Gasteiger partial charge in [-0.15, -0.1) is 12.4 Å². The van der Waals surface area contributed by atoms with E-state index in [0.29, 0.717) is 23.8 Å². The van der Waals surface area contributed by atoms with E-state index in [1.807, 2.05) is 0 Å². The average molecular weight is 331 g/mol. The maximum Gasteiger partial charge on any atom is 0.227 e. The standard InChI is InChI=1S/C17H30N2O2.ClH/c1-2-10-21-14-4-3-8-19(9-7-14)17(20)15-12-5-6-13(11-12)16(15)18;/h12-16H,2-11,18H2,1H3;1H. The van der Waals surface area contributed by atoms with Crippen LogP contribution in [0.4, 0.5) is 0 Å². The molecule has 1 saturated heterocycles. The van der Waals surface area contributed by atoms with E-state index in [9.17, 15) is 4.79 Å². The van der Waals surface area contributed by atoms with E-state index in [4.69, 9.17) is 10.5 Å². The van der Waals surface area contributed by atoms with Crippen molar-refractivity contribution in [2.24, 2.45) is 23.5 Å². The SMILES string of the molecule is CCCOC1CCCN(C(=O)C2C3CCC(C3)C2N)CC1.Cl. The summed E-state index contributed by atoms with van der Waals surface area (Å²) in [5.74, 6) is 1.62. The molecule has 1 aliphatic heterocycles. The number of nitrogens with two attached hydrogens (primary N) is 1. The number of carbonyl (C=O) groups is 1. The van der Waals surface area contributed by atoms with Crippen LogP contribution in [-0.2, 0) is 9.53 Å². The molecule has 2 N–H and O–H groups in total. The lowest BCUT2D eigenvalue weighted by molar-refractivity contribution is -0.137. The largest absolute Gasteiger partial charge is 0.378 e. The van der Waals surface area contributed by atoms with Gasteiger partial charge in [0.25, 0.3) is 0 Å². The first-order valence-corrected chi connectivity index (χ1v) is 8.86. The third-order valence-electron chi connectivity index (χ3n) is 5.81. The summed E-state index contributed by atoms with van der Waals surface area (Å²) in [6.45, 7) is 4.73. The summed E-state index contributed by atoms with van der Waals surface area (Å²) >= 11 is 0. The van der Waals surface area contributed by atoms with Crippen LogP contribution >= 0.6 is 12.4 Å². The maximum atomic E-state index is 12.9. The van der Waals surface area contributed by atoms with Crippen LogP contribution in [0.5, 0.6) is 0 Å². The van der Waals surface area contributed by atoms with Gasteiger partial charge in [-0.25, -0.2) is 0 Å². The van der Waals surface area contributed by atoms with E-state index in [-0.39, 0.29) is 24.4 Å². The molecule has 5 atom stereocenters. The van der Waals surface area contributed by atoms with Gasteiger partial charge in [0.2, 0.25) is 5.91 Å². The van der Waals surface area contributed by atoms with E-state index in [0.717, 1.165) is 45.4 Å². The molecule has 0 aromatic heterocycles. The van der Waals surface area contributed by atoms with Gasteiger partial charge in [0.05, 0.1) is 12.0 Å². The molecule has 3 rings (SSSR count). The zero-order chi connectivity index (χ0) is 14.8. The fourth-order valence-electron chi connectivity index (χ4n) is 4.65. The molecule has 1 amide bonds. The molecule has 0 radical (unpaired) electrons. The lowest BCUT2D eigenvalue weighted by Gasteiger charge is -2.32. The van der Waals surface area contributed by atoms with Gasteiger partial charge >= 0.3 is 0 Å². The lowest BCUT2D eigenvalue weighted by Crippen LogP contribution is -2.47. The van der Waals surface area contributed by atoms with E-state index in [1.165, 1.54) is 19.3 Å². The summed E-state index contributed by atoms with van der Waals surface area (Å²) in [4.78, 5) is 15.0. The van der Waals surface area contributed by atoms with Crippen molar-refractivity contribution in [1.29, 1.82) is 0 Å². The van der Waals surface area contributed by atoms with Crippen LogP contribution in [0.15, 0.2) is 0 Å². The number of rotatable bonds is 4. The van der Waals surface area contributed by atoms with Crippen molar-refractivity contribution in [3.05, 3.63) is 0 Å². The number of halogens is 1. The summed E-state index contributed by atoms with van der Waals surface area (Å²) in [5, 5.41) is 0. The van der Waals surface area contributed by atoms with Crippen LogP contribution in [0.1, 0.15) is 51.9 Å². The lowest BCUT2D eigenvalue weighted by atomic mass is 9.84. The molecular formula is C17H31ClN2O2. The quantitative estimate of drug-likeness (QED) is 0.862. The van der Waals surface area contributed by atoms with E-state index in [2.05, 4.69) is 11.8 Å². The highest BCUT2D eigenvalue weighted by atomic mass is 35.5. The molecule has 5 unspecified atom stereocenters. The highest BCUT2D eigenvalue weighted by Crippen LogP contribution is 2.48. The molecule has 0 aromatic carbocycles. The van der Waals surface area contributed by atoms with Crippen molar-refractivity contribution in [1.82, 2.24) is 4.90 Å². The third-order valence-corrected chi connectivity index (χ3v) is 5.81. The molecule has 3 fully saturated rings. The Morgan fingerprint density at radius 1 is 1.18 bits per heavy atom. The molecule has 2 bridgehead atoms. The summed E-state index contributed by atoms with van der Waals surface area (Å²) < 4.78 is 5.87. The van der Waals surface area contributed by atoms with Crippen molar-refractivity contribution in [3.63, 3.8) is 0 Å². The molecule has 0 spiro atoms. The van der Waals surface area contributed by atoms with Gasteiger partial charge in [-0.3, -0.25) is 4.79 Å². The Bertz CT molecular complexity index is 378. The van der Waals surface area contributed by atoms with Gasteiger partial charge in [0, 0.05) is 25.7 Å². The van der Waals surface area contributed by atoms with Gasteiger partial charge in [-0.05, 0) is 56.8 Å². The zero-order valence-electron chi connectivity index (χ0n) is 13.7. The van der Waals surface area contributed by atoms with Crippen LogP contribution in [0.3, 0.4) is 0 Å². The molecule has 5 heteroatoms. The second-order valence-electron chi connectivity index (χ2n) is 7.19. The smallest absolute Gasteiger partial charge is 0.227 e. The first-order valence-electron chi connectivity index (χ1n) is 8.86. The van der Waals surface area contributed by atoms with Gasteiger partial charge in [0.15, 0.2) is 0 Å². The third kappa shape index (κ3) is 3.60. The van der Waals surface area contributed by atoms with Gasteiger partial charge < -0.3 is 15.4 Å². The molecule has 2 aliphatic carbocycles. The molecule has 3 aliphatic rings. The number of nitrogens with zero attached hydrogens (tertiary/aromatic N) is 1. The van der Waals surface area contributed by atoms with Crippen LogP contribution < -0.4 is 5.73 Å². The van der Waals surface area contributed by atoms with E-state index >= 15 is 0 Å². The molecule has 4 nitrogen and oxygen atoms in total. The predicted octanol–water partition coefficient (Wildman–Crippen LogP) is 2.59. The fraction of sp³-hybridized carbons (Fsp3) is 0.941. The molecule has 128 valence electrons. The van der Waals surface area contributed by atoms with Crippen molar-refractivity contribution < 1.29 is 9.53 Å². The normalized spacial score (nSPS) is 37.7.